The number of rotatable bonds is 9. The van der Waals surface area contributed by atoms with Crippen LogP contribution in [0.3, 0.4) is 0 Å². The molecule has 0 aliphatic carbocycles. The largest absolute Gasteiger partial charge is 0.467 e. The van der Waals surface area contributed by atoms with Gasteiger partial charge >= 0.3 is 5.97 Å². The van der Waals surface area contributed by atoms with Gasteiger partial charge < -0.3 is 15.2 Å². The maximum absolute atomic E-state index is 12.2. The fraction of sp³-hybridized carbons (Fsp3) is 0.529. The van der Waals surface area contributed by atoms with E-state index in [1.165, 1.54) is 7.11 Å². The molecule has 122 valence electrons. The summed E-state index contributed by atoms with van der Waals surface area (Å²) in [5.74, 6) is -0.839. The van der Waals surface area contributed by atoms with Crippen molar-refractivity contribution in [3.8, 4) is 0 Å². The molecule has 1 aromatic rings. The van der Waals surface area contributed by atoms with E-state index in [0.29, 0.717) is 25.7 Å². The van der Waals surface area contributed by atoms with Crippen molar-refractivity contribution in [1.29, 1.82) is 0 Å². The Bertz CT molecular complexity index is 461. The summed E-state index contributed by atoms with van der Waals surface area (Å²) in [5.41, 5.74) is 1.08. The number of benzene rings is 1. The quantitative estimate of drug-likeness (QED) is 0.538. The molecule has 0 saturated heterocycles. The average molecular weight is 307 g/mol. The Morgan fingerprint density at radius 1 is 1.23 bits per heavy atom. The molecular weight excluding hydrogens is 282 g/mol. The number of hydrogen-bond donors (Lipinski definition) is 2. The standard InChI is InChI=1S/C17H25NO4/c1-13(12-14-8-4-3-5-9-14)16(20)18-15(17(21)22-2)10-6-7-11-19/h3-5,8-9,13,15,19H,6-7,10-12H2,1-2H3,(H,18,20)/t13-,15-/m0/s1. The van der Waals surface area contributed by atoms with Crippen molar-refractivity contribution in [3.05, 3.63) is 35.9 Å². The number of methoxy groups -OCH3 is 1. The second-order valence-corrected chi connectivity index (χ2v) is 5.39. The fourth-order valence-corrected chi connectivity index (χ4v) is 2.23. The third-order valence-electron chi connectivity index (χ3n) is 3.54. The molecular formula is C17H25NO4. The van der Waals surface area contributed by atoms with E-state index in [1.54, 1.807) is 0 Å². The molecule has 1 rings (SSSR count). The van der Waals surface area contributed by atoms with Gasteiger partial charge in [0.2, 0.25) is 5.91 Å². The summed E-state index contributed by atoms with van der Waals surface area (Å²) in [6, 6.07) is 9.11. The SMILES string of the molecule is COC(=O)[C@H](CCCCO)NC(=O)[C@@H](C)Cc1ccccc1. The van der Waals surface area contributed by atoms with Crippen LogP contribution in [0.15, 0.2) is 30.3 Å². The molecule has 1 amide bonds. The molecule has 2 N–H and O–H groups in total. The lowest BCUT2D eigenvalue weighted by Crippen LogP contribution is -2.44. The normalized spacial score (nSPS) is 13.2. The number of carbonyl (C=O) groups excluding carboxylic acids is 2. The highest BCUT2D eigenvalue weighted by atomic mass is 16.5. The minimum atomic E-state index is -0.651. The smallest absolute Gasteiger partial charge is 0.328 e. The third-order valence-corrected chi connectivity index (χ3v) is 3.54. The van der Waals surface area contributed by atoms with Crippen LogP contribution in [0, 0.1) is 5.92 Å². The Labute approximate surface area is 131 Å². The zero-order valence-electron chi connectivity index (χ0n) is 13.2. The van der Waals surface area contributed by atoms with Crippen LogP contribution >= 0.6 is 0 Å². The van der Waals surface area contributed by atoms with Gasteiger partial charge in [0.05, 0.1) is 7.11 Å². The van der Waals surface area contributed by atoms with Crippen molar-refractivity contribution < 1.29 is 19.4 Å². The van der Waals surface area contributed by atoms with Crippen LogP contribution in [0.1, 0.15) is 31.7 Å². The predicted molar refractivity (Wildman–Crippen MR) is 84.2 cm³/mol. The number of nitrogens with one attached hydrogen (secondary N) is 1. The van der Waals surface area contributed by atoms with Gasteiger partial charge in [0.15, 0.2) is 0 Å². The van der Waals surface area contributed by atoms with Crippen LogP contribution in [-0.2, 0) is 20.7 Å². The first-order chi connectivity index (χ1) is 10.6. The van der Waals surface area contributed by atoms with E-state index in [0.717, 1.165) is 5.56 Å². The third kappa shape index (κ3) is 6.26. The van der Waals surface area contributed by atoms with Crippen molar-refractivity contribution >= 4 is 11.9 Å². The summed E-state index contributed by atoms with van der Waals surface area (Å²) >= 11 is 0. The number of aliphatic hydroxyl groups is 1. The second-order valence-electron chi connectivity index (χ2n) is 5.39. The average Bonchev–Trinajstić information content (AvgIpc) is 2.54. The first-order valence-corrected chi connectivity index (χ1v) is 7.61. The van der Waals surface area contributed by atoms with Gasteiger partial charge in [0.1, 0.15) is 6.04 Å². The van der Waals surface area contributed by atoms with Crippen LogP contribution in [0.4, 0.5) is 0 Å². The molecule has 0 fully saturated rings. The Balaban J connectivity index is 2.55. The second kappa shape index (κ2) is 9.95. The first-order valence-electron chi connectivity index (χ1n) is 7.61. The molecule has 0 aliphatic rings. The number of ether oxygens (including phenoxy) is 1. The lowest BCUT2D eigenvalue weighted by molar-refractivity contribution is -0.145. The molecule has 0 unspecified atom stereocenters. The number of unbranched alkanes of at least 4 members (excludes halogenated alkanes) is 1. The molecule has 2 atom stereocenters. The number of esters is 1. The van der Waals surface area contributed by atoms with Gasteiger partial charge in [-0.15, -0.1) is 0 Å². The first kappa shape index (κ1) is 18.2. The lowest BCUT2D eigenvalue weighted by atomic mass is 9.99. The zero-order valence-corrected chi connectivity index (χ0v) is 13.2. The van der Waals surface area contributed by atoms with Crippen molar-refractivity contribution in [2.75, 3.05) is 13.7 Å². The molecule has 0 aromatic heterocycles. The maximum Gasteiger partial charge on any atom is 0.328 e. The molecule has 1 aromatic carbocycles. The van der Waals surface area contributed by atoms with Gasteiger partial charge in [-0.05, 0) is 31.2 Å². The minimum absolute atomic E-state index is 0.0756. The Kier molecular flexibility index (Phi) is 8.22. The van der Waals surface area contributed by atoms with E-state index < -0.39 is 12.0 Å². The van der Waals surface area contributed by atoms with Crippen LogP contribution in [0.5, 0.6) is 0 Å². The summed E-state index contributed by atoms with van der Waals surface area (Å²) in [7, 11) is 1.31. The van der Waals surface area contributed by atoms with Gasteiger partial charge in [0.25, 0.3) is 0 Å². The minimum Gasteiger partial charge on any atom is -0.467 e. The van der Waals surface area contributed by atoms with Crippen molar-refractivity contribution in [1.82, 2.24) is 5.32 Å². The summed E-state index contributed by atoms with van der Waals surface area (Å²) in [6.45, 7) is 1.91. The van der Waals surface area contributed by atoms with Gasteiger partial charge in [0, 0.05) is 12.5 Å². The van der Waals surface area contributed by atoms with Crippen molar-refractivity contribution in [3.63, 3.8) is 0 Å². The molecule has 22 heavy (non-hydrogen) atoms. The van der Waals surface area contributed by atoms with Gasteiger partial charge in [-0.2, -0.15) is 0 Å². The predicted octanol–water partition coefficient (Wildman–Crippen LogP) is 1.69. The molecule has 0 heterocycles. The van der Waals surface area contributed by atoms with E-state index in [1.807, 2.05) is 37.3 Å². The Morgan fingerprint density at radius 3 is 2.50 bits per heavy atom. The molecule has 0 spiro atoms. The van der Waals surface area contributed by atoms with Crippen LogP contribution in [0.2, 0.25) is 0 Å². The van der Waals surface area contributed by atoms with Gasteiger partial charge in [-0.3, -0.25) is 4.79 Å². The number of aliphatic hydroxyl groups excluding tert-OH is 1. The molecule has 0 saturated carbocycles. The lowest BCUT2D eigenvalue weighted by Gasteiger charge is -2.19. The zero-order chi connectivity index (χ0) is 16.4. The van der Waals surface area contributed by atoms with Crippen molar-refractivity contribution in [2.24, 2.45) is 5.92 Å². The molecule has 0 aliphatic heterocycles. The topological polar surface area (TPSA) is 75.6 Å². The van der Waals surface area contributed by atoms with Gasteiger partial charge in [-0.1, -0.05) is 37.3 Å². The van der Waals surface area contributed by atoms with E-state index >= 15 is 0 Å². The van der Waals surface area contributed by atoms with E-state index in [-0.39, 0.29) is 18.4 Å². The highest BCUT2D eigenvalue weighted by molar-refractivity contribution is 5.85. The molecule has 5 nitrogen and oxygen atoms in total. The summed E-state index contributed by atoms with van der Waals surface area (Å²) in [5, 5.41) is 11.6. The molecule has 5 heteroatoms. The fourth-order valence-electron chi connectivity index (χ4n) is 2.23. The molecule has 0 radical (unpaired) electrons. The summed E-state index contributed by atoms with van der Waals surface area (Å²) < 4.78 is 4.73. The Hall–Kier alpha value is -1.88. The highest BCUT2D eigenvalue weighted by Gasteiger charge is 2.23. The van der Waals surface area contributed by atoms with Crippen LogP contribution in [0.25, 0.3) is 0 Å². The number of carbonyl (C=O) groups is 2. The molecule has 0 bridgehead atoms. The maximum atomic E-state index is 12.2. The van der Waals surface area contributed by atoms with E-state index in [9.17, 15) is 9.59 Å². The number of amides is 1. The van der Waals surface area contributed by atoms with E-state index in [4.69, 9.17) is 9.84 Å². The van der Waals surface area contributed by atoms with E-state index in [2.05, 4.69) is 5.32 Å². The van der Waals surface area contributed by atoms with Crippen molar-refractivity contribution in [2.45, 2.75) is 38.6 Å². The number of hydrogen-bond acceptors (Lipinski definition) is 4. The highest BCUT2D eigenvalue weighted by Crippen LogP contribution is 2.10. The summed E-state index contributed by atoms with van der Waals surface area (Å²) in [4.78, 5) is 24.0. The van der Waals surface area contributed by atoms with Crippen LogP contribution < -0.4 is 5.32 Å². The van der Waals surface area contributed by atoms with Crippen LogP contribution in [-0.4, -0.2) is 36.7 Å². The summed E-state index contributed by atoms with van der Waals surface area (Å²) in [6.07, 6.45) is 2.35. The monoisotopic (exact) mass is 307 g/mol. The Morgan fingerprint density at radius 2 is 1.91 bits per heavy atom. The van der Waals surface area contributed by atoms with Gasteiger partial charge in [-0.25, -0.2) is 4.79 Å².